The van der Waals surface area contributed by atoms with E-state index in [2.05, 4.69) is 32.7 Å². The minimum absolute atomic E-state index is 0.0554. The van der Waals surface area contributed by atoms with E-state index in [9.17, 15) is 4.79 Å². The van der Waals surface area contributed by atoms with Crippen LogP contribution in [-0.4, -0.2) is 45.2 Å². The van der Waals surface area contributed by atoms with E-state index in [1.807, 2.05) is 35.0 Å². The number of nitrogens with zero attached hydrogens (tertiary/aromatic N) is 4. The number of aromatic nitrogens is 3. The van der Waals surface area contributed by atoms with E-state index in [-0.39, 0.29) is 6.10 Å². The maximum Gasteiger partial charge on any atom is 0.407 e. The first-order chi connectivity index (χ1) is 12.8. The van der Waals surface area contributed by atoms with Crippen LogP contribution in [0, 0.1) is 0 Å². The van der Waals surface area contributed by atoms with Crippen LogP contribution in [0.1, 0.15) is 11.3 Å². The van der Waals surface area contributed by atoms with E-state index < -0.39 is 6.09 Å². The highest BCUT2D eigenvalue weighted by atomic mass is 32.1. The molecule has 1 amide bonds. The van der Waals surface area contributed by atoms with Gasteiger partial charge in [-0.1, -0.05) is 35.5 Å². The zero-order valence-corrected chi connectivity index (χ0v) is 14.9. The van der Waals surface area contributed by atoms with Crippen LogP contribution in [0.15, 0.2) is 53.4 Å². The van der Waals surface area contributed by atoms with Gasteiger partial charge in [0.05, 0.1) is 18.4 Å². The van der Waals surface area contributed by atoms with Gasteiger partial charge in [-0.25, -0.2) is 9.48 Å². The highest BCUT2D eigenvalue weighted by Crippen LogP contribution is 2.16. The fraction of sp³-hybridized carbons (Fsp3) is 0.278. The van der Waals surface area contributed by atoms with E-state index in [4.69, 9.17) is 4.74 Å². The summed E-state index contributed by atoms with van der Waals surface area (Å²) >= 11 is 1.60. The summed E-state index contributed by atoms with van der Waals surface area (Å²) in [5, 5.41) is 14.8. The van der Waals surface area contributed by atoms with E-state index in [1.54, 1.807) is 22.2 Å². The third kappa shape index (κ3) is 4.09. The van der Waals surface area contributed by atoms with Crippen LogP contribution < -0.4 is 5.32 Å². The van der Waals surface area contributed by atoms with E-state index >= 15 is 0 Å². The Morgan fingerprint density at radius 2 is 2.12 bits per heavy atom. The third-order valence-corrected chi connectivity index (χ3v) is 4.84. The van der Waals surface area contributed by atoms with Crippen molar-refractivity contribution < 1.29 is 9.53 Å². The number of alkyl carbamates (subject to hydrolysis) is 1. The first kappa shape index (κ1) is 16.7. The maximum atomic E-state index is 11.9. The number of amides is 1. The van der Waals surface area contributed by atoms with Gasteiger partial charge < -0.3 is 10.1 Å². The van der Waals surface area contributed by atoms with Crippen molar-refractivity contribution in [2.24, 2.45) is 0 Å². The molecule has 1 saturated heterocycles. The Kier molecular flexibility index (Phi) is 4.94. The molecule has 0 saturated carbocycles. The van der Waals surface area contributed by atoms with Crippen molar-refractivity contribution in [3.05, 3.63) is 64.6 Å². The second-order valence-corrected chi connectivity index (χ2v) is 6.98. The van der Waals surface area contributed by atoms with Crippen LogP contribution in [0.3, 0.4) is 0 Å². The molecule has 1 aliphatic rings. The number of benzene rings is 1. The summed E-state index contributed by atoms with van der Waals surface area (Å²) in [6, 6.07) is 12.2. The molecule has 3 aromatic rings. The lowest BCUT2D eigenvalue weighted by atomic mass is 10.1. The predicted octanol–water partition coefficient (Wildman–Crippen LogP) is 2.44. The SMILES string of the molecule is O=C(NCc1cn(-c2ccsc2)nn1)OC1CN(Cc2ccccc2)C1. The number of nitrogens with one attached hydrogen (secondary N) is 1. The largest absolute Gasteiger partial charge is 0.444 e. The number of rotatable bonds is 6. The van der Waals surface area contributed by atoms with Crippen LogP contribution in [-0.2, 0) is 17.8 Å². The van der Waals surface area contributed by atoms with Crippen molar-refractivity contribution >= 4 is 17.4 Å². The molecule has 1 aromatic carbocycles. The minimum atomic E-state index is -0.417. The van der Waals surface area contributed by atoms with Crippen molar-refractivity contribution in [1.82, 2.24) is 25.2 Å². The highest BCUT2D eigenvalue weighted by molar-refractivity contribution is 7.08. The fourth-order valence-corrected chi connectivity index (χ4v) is 3.44. The predicted molar refractivity (Wildman–Crippen MR) is 98.1 cm³/mol. The van der Waals surface area contributed by atoms with Crippen LogP contribution >= 0.6 is 11.3 Å². The van der Waals surface area contributed by atoms with Crippen molar-refractivity contribution in [3.63, 3.8) is 0 Å². The van der Waals surface area contributed by atoms with E-state index in [1.165, 1.54) is 5.56 Å². The highest BCUT2D eigenvalue weighted by Gasteiger charge is 2.29. The van der Waals surface area contributed by atoms with Gasteiger partial charge in [0.1, 0.15) is 11.8 Å². The van der Waals surface area contributed by atoms with Gasteiger partial charge in [0.2, 0.25) is 0 Å². The van der Waals surface area contributed by atoms with Gasteiger partial charge in [0, 0.05) is 25.0 Å². The lowest BCUT2D eigenvalue weighted by Crippen LogP contribution is -2.53. The molecule has 2 aromatic heterocycles. The molecule has 8 heteroatoms. The molecule has 134 valence electrons. The summed E-state index contributed by atoms with van der Waals surface area (Å²) in [5.74, 6) is 0. The zero-order valence-electron chi connectivity index (χ0n) is 14.1. The summed E-state index contributed by atoms with van der Waals surface area (Å²) in [6.45, 7) is 2.70. The number of likely N-dealkylation sites (tertiary alicyclic amines) is 1. The lowest BCUT2D eigenvalue weighted by Gasteiger charge is -2.38. The van der Waals surface area contributed by atoms with Crippen LogP contribution in [0.5, 0.6) is 0 Å². The van der Waals surface area contributed by atoms with Gasteiger partial charge in [-0.2, -0.15) is 11.3 Å². The van der Waals surface area contributed by atoms with Crippen LogP contribution in [0.4, 0.5) is 4.79 Å². The Balaban J connectivity index is 1.17. The monoisotopic (exact) mass is 369 g/mol. The molecule has 26 heavy (non-hydrogen) atoms. The van der Waals surface area contributed by atoms with Crippen molar-refractivity contribution in [2.75, 3.05) is 13.1 Å². The van der Waals surface area contributed by atoms with Crippen LogP contribution in [0.25, 0.3) is 5.69 Å². The molecule has 0 aliphatic carbocycles. The first-order valence-corrected chi connectivity index (χ1v) is 9.35. The number of thiophene rings is 1. The molecule has 1 aliphatic heterocycles. The van der Waals surface area contributed by atoms with Gasteiger partial charge in [0.15, 0.2) is 0 Å². The topological polar surface area (TPSA) is 72.3 Å². The Hall–Kier alpha value is -2.71. The van der Waals surface area contributed by atoms with Gasteiger partial charge >= 0.3 is 6.09 Å². The first-order valence-electron chi connectivity index (χ1n) is 8.41. The van der Waals surface area contributed by atoms with Crippen LogP contribution in [0.2, 0.25) is 0 Å². The standard InChI is InChI=1S/C18H19N5O2S/c24-18(19-8-15-10-23(21-20-15)16-6-7-26-13-16)25-17-11-22(12-17)9-14-4-2-1-3-5-14/h1-7,10,13,17H,8-9,11-12H2,(H,19,24). The second kappa shape index (κ2) is 7.67. The van der Waals surface area contributed by atoms with E-state index in [0.717, 1.165) is 25.3 Å². The summed E-state index contributed by atoms with van der Waals surface area (Å²) in [7, 11) is 0. The molecule has 1 N–H and O–H groups in total. The number of carbonyl (C=O) groups is 1. The van der Waals surface area contributed by atoms with Gasteiger partial charge in [0.25, 0.3) is 0 Å². The van der Waals surface area contributed by atoms with Crippen molar-refractivity contribution in [2.45, 2.75) is 19.2 Å². The molecule has 0 bridgehead atoms. The summed E-state index contributed by atoms with van der Waals surface area (Å²) < 4.78 is 7.10. The Bertz CT molecular complexity index is 844. The second-order valence-electron chi connectivity index (χ2n) is 6.20. The molecule has 0 radical (unpaired) electrons. The number of hydrogen-bond acceptors (Lipinski definition) is 6. The van der Waals surface area contributed by atoms with E-state index in [0.29, 0.717) is 12.2 Å². The Morgan fingerprint density at radius 1 is 1.27 bits per heavy atom. The Morgan fingerprint density at radius 3 is 2.88 bits per heavy atom. The minimum Gasteiger partial charge on any atom is -0.444 e. The number of hydrogen-bond donors (Lipinski definition) is 1. The quantitative estimate of drug-likeness (QED) is 0.723. The van der Waals surface area contributed by atoms with Crippen molar-refractivity contribution in [1.29, 1.82) is 0 Å². The molecule has 1 fully saturated rings. The normalized spacial score (nSPS) is 14.8. The summed E-state index contributed by atoms with van der Waals surface area (Å²) in [5.41, 5.74) is 2.92. The molecule has 0 unspecified atom stereocenters. The molecule has 3 heterocycles. The number of ether oxygens (including phenoxy) is 1. The molecular weight excluding hydrogens is 350 g/mol. The number of carbonyl (C=O) groups excluding carboxylic acids is 1. The molecule has 4 rings (SSSR count). The fourth-order valence-electron chi connectivity index (χ4n) is 2.82. The van der Waals surface area contributed by atoms with Crippen molar-refractivity contribution in [3.8, 4) is 5.69 Å². The third-order valence-electron chi connectivity index (χ3n) is 4.17. The lowest BCUT2D eigenvalue weighted by molar-refractivity contribution is -0.0173. The molecule has 0 atom stereocenters. The van der Waals surface area contributed by atoms with Gasteiger partial charge in [-0.3, -0.25) is 4.90 Å². The summed E-state index contributed by atoms with van der Waals surface area (Å²) in [4.78, 5) is 14.2. The average Bonchev–Trinajstić information content (AvgIpc) is 3.30. The summed E-state index contributed by atoms with van der Waals surface area (Å²) in [6.07, 6.45) is 1.33. The van der Waals surface area contributed by atoms with Gasteiger partial charge in [-0.15, -0.1) is 5.10 Å². The average molecular weight is 369 g/mol. The molecule has 7 nitrogen and oxygen atoms in total. The van der Waals surface area contributed by atoms with Gasteiger partial charge in [-0.05, 0) is 17.0 Å². The Labute approximate surface area is 155 Å². The molecule has 0 spiro atoms. The zero-order chi connectivity index (χ0) is 17.8. The smallest absolute Gasteiger partial charge is 0.407 e. The maximum absolute atomic E-state index is 11.9. The molecular formula is C18H19N5O2S.